The molecule has 2 rings (SSSR count). The van der Waals surface area contributed by atoms with Crippen molar-refractivity contribution in [2.24, 2.45) is 0 Å². The SMILES string of the molecule is C#Cc1ccc(Oc2ccccc2OCC)cc1C(F)(F)F. The van der Waals surface area contributed by atoms with Gasteiger partial charge in [-0.2, -0.15) is 13.2 Å². The molecule has 0 atom stereocenters. The fourth-order valence-corrected chi connectivity index (χ4v) is 1.88. The average molecular weight is 306 g/mol. The normalized spacial score (nSPS) is 10.9. The van der Waals surface area contributed by atoms with Crippen molar-refractivity contribution in [3.05, 3.63) is 53.6 Å². The van der Waals surface area contributed by atoms with E-state index in [4.69, 9.17) is 15.9 Å². The predicted molar refractivity (Wildman–Crippen MR) is 77.1 cm³/mol. The monoisotopic (exact) mass is 306 g/mol. The Bertz CT molecular complexity index is 700. The summed E-state index contributed by atoms with van der Waals surface area (Å²) >= 11 is 0. The highest BCUT2D eigenvalue weighted by atomic mass is 19.4. The number of alkyl halides is 3. The Morgan fingerprint density at radius 3 is 2.36 bits per heavy atom. The zero-order valence-electron chi connectivity index (χ0n) is 11.8. The van der Waals surface area contributed by atoms with Gasteiger partial charge >= 0.3 is 6.18 Å². The van der Waals surface area contributed by atoms with Gasteiger partial charge in [-0.3, -0.25) is 0 Å². The van der Waals surface area contributed by atoms with Crippen LogP contribution in [0.25, 0.3) is 0 Å². The number of terminal acetylenes is 1. The maximum absolute atomic E-state index is 13.0. The van der Waals surface area contributed by atoms with Gasteiger partial charge in [-0.1, -0.05) is 18.1 Å². The number of benzene rings is 2. The van der Waals surface area contributed by atoms with Crippen LogP contribution in [0.3, 0.4) is 0 Å². The van der Waals surface area contributed by atoms with Crippen molar-refractivity contribution in [1.82, 2.24) is 0 Å². The lowest BCUT2D eigenvalue weighted by molar-refractivity contribution is -0.137. The molecule has 2 nitrogen and oxygen atoms in total. The zero-order chi connectivity index (χ0) is 16.2. The quantitative estimate of drug-likeness (QED) is 0.750. The molecule has 114 valence electrons. The number of para-hydroxylation sites is 2. The van der Waals surface area contributed by atoms with Crippen molar-refractivity contribution in [3.8, 4) is 29.6 Å². The highest BCUT2D eigenvalue weighted by Gasteiger charge is 2.33. The van der Waals surface area contributed by atoms with Gasteiger partial charge in [0, 0.05) is 5.56 Å². The van der Waals surface area contributed by atoms with Crippen molar-refractivity contribution >= 4 is 0 Å². The van der Waals surface area contributed by atoms with Gasteiger partial charge in [0.2, 0.25) is 0 Å². The van der Waals surface area contributed by atoms with E-state index in [0.29, 0.717) is 18.1 Å². The smallest absolute Gasteiger partial charge is 0.417 e. The standard InChI is InChI=1S/C17H13F3O2/c1-3-12-9-10-13(11-14(12)17(18,19)20)22-16-8-6-5-7-15(16)21-4-2/h1,5-11H,4H2,2H3. The third-order valence-corrected chi connectivity index (χ3v) is 2.83. The minimum Gasteiger partial charge on any atom is -0.490 e. The first-order chi connectivity index (χ1) is 10.5. The maximum atomic E-state index is 13.0. The summed E-state index contributed by atoms with van der Waals surface area (Å²) in [5.41, 5.74) is -1.13. The molecule has 0 spiro atoms. The molecule has 0 heterocycles. The summed E-state index contributed by atoms with van der Waals surface area (Å²) in [6.45, 7) is 2.23. The van der Waals surface area contributed by atoms with Gasteiger partial charge in [0.1, 0.15) is 5.75 Å². The Hall–Kier alpha value is -2.61. The number of halogens is 3. The summed E-state index contributed by atoms with van der Waals surface area (Å²) in [6, 6.07) is 10.2. The van der Waals surface area contributed by atoms with E-state index in [1.807, 2.05) is 5.92 Å². The van der Waals surface area contributed by atoms with Gasteiger partial charge in [-0.15, -0.1) is 6.42 Å². The molecular formula is C17H13F3O2. The number of ether oxygens (including phenoxy) is 2. The fourth-order valence-electron chi connectivity index (χ4n) is 1.88. The van der Waals surface area contributed by atoms with E-state index in [2.05, 4.69) is 0 Å². The second-order valence-corrected chi connectivity index (χ2v) is 4.33. The van der Waals surface area contributed by atoms with E-state index >= 15 is 0 Å². The molecule has 0 unspecified atom stereocenters. The summed E-state index contributed by atoms with van der Waals surface area (Å²) in [5, 5.41) is 0. The first kappa shape index (κ1) is 15.8. The molecule has 0 aliphatic carbocycles. The summed E-state index contributed by atoms with van der Waals surface area (Å²) < 4.78 is 49.8. The van der Waals surface area contributed by atoms with Crippen molar-refractivity contribution in [1.29, 1.82) is 0 Å². The van der Waals surface area contributed by atoms with E-state index in [1.54, 1.807) is 31.2 Å². The molecule has 0 fully saturated rings. The van der Waals surface area contributed by atoms with Crippen LogP contribution >= 0.6 is 0 Å². The minimum atomic E-state index is -4.54. The van der Waals surface area contributed by atoms with Gasteiger partial charge in [-0.05, 0) is 37.3 Å². The Morgan fingerprint density at radius 1 is 1.09 bits per heavy atom. The van der Waals surface area contributed by atoms with Crippen molar-refractivity contribution in [3.63, 3.8) is 0 Å². The fraction of sp³-hybridized carbons (Fsp3) is 0.176. The molecule has 0 aliphatic heterocycles. The van der Waals surface area contributed by atoms with E-state index in [9.17, 15) is 13.2 Å². The Kier molecular flexibility index (Phi) is 4.62. The Balaban J connectivity index is 2.38. The predicted octanol–water partition coefficient (Wildman–Crippen LogP) is 4.88. The lowest BCUT2D eigenvalue weighted by Crippen LogP contribution is -2.08. The lowest BCUT2D eigenvalue weighted by Gasteiger charge is -2.14. The van der Waals surface area contributed by atoms with Gasteiger partial charge in [0.25, 0.3) is 0 Å². The summed E-state index contributed by atoms with van der Waals surface area (Å²) in [5.74, 6) is 2.86. The molecule has 0 bridgehead atoms. The van der Waals surface area contributed by atoms with E-state index < -0.39 is 11.7 Å². The molecule has 0 radical (unpaired) electrons. The third kappa shape index (κ3) is 3.53. The molecule has 0 aromatic heterocycles. The molecular weight excluding hydrogens is 293 g/mol. The van der Waals surface area contributed by atoms with Crippen LogP contribution < -0.4 is 9.47 Å². The molecule has 0 saturated heterocycles. The van der Waals surface area contributed by atoms with Crippen LogP contribution in [0.2, 0.25) is 0 Å². The first-order valence-electron chi connectivity index (χ1n) is 6.53. The van der Waals surface area contributed by atoms with Crippen LogP contribution in [0.4, 0.5) is 13.2 Å². The topological polar surface area (TPSA) is 18.5 Å². The van der Waals surface area contributed by atoms with Crippen LogP contribution in [0.5, 0.6) is 17.2 Å². The van der Waals surface area contributed by atoms with Crippen LogP contribution in [-0.2, 0) is 6.18 Å². The number of rotatable bonds is 4. The second kappa shape index (κ2) is 6.44. The number of hydrogen-bond donors (Lipinski definition) is 0. The maximum Gasteiger partial charge on any atom is 0.417 e. The largest absolute Gasteiger partial charge is 0.490 e. The van der Waals surface area contributed by atoms with Gasteiger partial charge in [-0.25, -0.2) is 0 Å². The molecule has 2 aromatic rings. The number of hydrogen-bond acceptors (Lipinski definition) is 2. The molecule has 0 amide bonds. The van der Waals surface area contributed by atoms with Crippen molar-refractivity contribution < 1.29 is 22.6 Å². The molecule has 5 heteroatoms. The van der Waals surface area contributed by atoms with E-state index in [-0.39, 0.29) is 11.3 Å². The van der Waals surface area contributed by atoms with Gasteiger partial charge < -0.3 is 9.47 Å². The minimum absolute atomic E-state index is 0.0403. The molecule has 0 aliphatic rings. The third-order valence-electron chi connectivity index (χ3n) is 2.83. The molecule has 22 heavy (non-hydrogen) atoms. The average Bonchev–Trinajstić information content (AvgIpc) is 2.48. The molecule has 0 saturated carbocycles. The summed E-state index contributed by atoms with van der Waals surface area (Å²) in [4.78, 5) is 0. The lowest BCUT2D eigenvalue weighted by atomic mass is 10.1. The molecule has 0 N–H and O–H groups in total. The summed E-state index contributed by atoms with van der Waals surface area (Å²) in [7, 11) is 0. The Morgan fingerprint density at radius 2 is 1.77 bits per heavy atom. The zero-order valence-corrected chi connectivity index (χ0v) is 11.8. The Labute approximate surface area is 126 Å². The van der Waals surface area contributed by atoms with Gasteiger partial charge in [0.15, 0.2) is 11.5 Å². The van der Waals surface area contributed by atoms with Crippen molar-refractivity contribution in [2.45, 2.75) is 13.1 Å². The first-order valence-corrected chi connectivity index (χ1v) is 6.53. The van der Waals surface area contributed by atoms with Crippen LogP contribution in [0, 0.1) is 12.3 Å². The van der Waals surface area contributed by atoms with E-state index in [0.717, 1.165) is 6.07 Å². The second-order valence-electron chi connectivity index (χ2n) is 4.33. The highest BCUT2D eigenvalue weighted by molar-refractivity contribution is 5.48. The highest BCUT2D eigenvalue weighted by Crippen LogP contribution is 2.37. The van der Waals surface area contributed by atoms with E-state index in [1.165, 1.54) is 12.1 Å². The van der Waals surface area contributed by atoms with Crippen LogP contribution in [0.1, 0.15) is 18.1 Å². The van der Waals surface area contributed by atoms with Crippen molar-refractivity contribution in [2.75, 3.05) is 6.61 Å². The van der Waals surface area contributed by atoms with Crippen LogP contribution in [-0.4, -0.2) is 6.61 Å². The summed E-state index contributed by atoms with van der Waals surface area (Å²) in [6.07, 6.45) is 0.562. The van der Waals surface area contributed by atoms with Gasteiger partial charge in [0.05, 0.1) is 12.2 Å². The van der Waals surface area contributed by atoms with Crippen LogP contribution in [0.15, 0.2) is 42.5 Å². The molecule has 2 aromatic carbocycles.